The van der Waals surface area contributed by atoms with Crippen LogP contribution in [0.5, 0.6) is 0 Å². The maximum Gasteiger partial charge on any atom is 0.123 e. The summed E-state index contributed by atoms with van der Waals surface area (Å²) in [6.07, 6.45) is 13.0. The van der Waals surface area contributed by atoms with Gasteiger partial charge in [0.1, 0.15) is 11.6 Å². The molecule has 4 nitrogen and oxygen atoms in total. The SMILES string of the molecule is Fc1ccc(N(c2ccc(-c3ccc(N(c4ccc(F)cc4)c4ccc5c(c4)c4c(n5-c5ccccc5)CCC=C4)cc3)cc2)c2ccc3c(c2)c2c(n3-c3ccccc3)CCC=C2)cc1. The summed E-state index contributed by atoms with van der Waals surface area (Å²) in [4.78, 5) is 4.39. The summed E-state index contributed by atoms with van der Waals surface area (Å²) in [5.41, 5.74) is 17.5. The summed E-state index contributed by atoms with van der Waals surface area (Å²) >= 11 is 0. The second kappa shape index (κ2) is 16.4. The number of aromatic nitrogens is 2. The summed E-state index contributed by atoms with van der Waals surface area (Å²) < 4.78 is 33.5. The number of allylic oxidation sites excluding steroid dienone is 2. The third kappa shape index (κ3) is 6.90. The summed E-state index contributed by atoms with van der Waals surface area (Å²) in [6.45, 7) is 0. The van der Waals surface area contributed by atoms with Gasteiger partial charge in [0.2, 0.25) is 0 Å². The number of fused-ring (bicyclic) bond motifs is 6. The van der Waals surface area contributed by atoms with E-state index >= 15 is 0 Å². The fraction of sp³-hybridized carbons (Fsp3) is 0.0667. The highest BCUT2D eigenvalue weighted by atomic mass is 19.1. The van der Waals surface area contributed by atoms with Crippen LogP contribution < -0.4 is 9.80 Å². The second-order valence-electron chi connectivity index (χ2n) is 17.1. The summed E-state index contributed by atoms with van der Waals surface area (Å²) in [7, 11) is 0. The van der Waals surface area contributed by atoms with E-state index in [0.29, 0.717) is 0 Å². The van der Waals surface area contributed by atoms with Crippen LogP contribution in [0.1, 0.15) is 35.4 Å². The molecule has 0 fully saturated rings. The molecule has 2 aliphatic carbocycles. The van der Waals surface area contributed by atoms with Crippen molar-refractivity contribution in [2.24, 2.45) is 0 Å². The molecule has 10 aromatic rings. The smallest absolute Gasteiger partial charge is 0.123 e. The number of halogens is 2. The molecule has 0 aliphatic heterocycles. The average Bonchev–Trinajstić information content (AvgIpc) is 3.89. The van der Waals surface area contributed by atoms with Crippen LogP contribution in [-0.4, -0.2) is 9.13 Å². The zero-order chi connectivity index (χ0) is 44.1. The van der Waals surface area contributed by atoms with E-state index < -0.39 is 0 Å². The van der Waals surface area contributed by atoms with Crippen LogP contribution in [0.25, 0.3) is 56.5 Å². The molecule has 8 aromatic carbocycles. The number of anilines is 6. The Morgan fingerprint density at radius 3 is 1.09 bits per heavy atom. The minimum Gasteiger partial charge on any atom is -0.313 e. The number of benzene rings is 8. The molecule has 2 aliphatic rings. The molecule has 0 atom stereocenters. The fourth-order valence-corrected chi connectivity index (χ4v) is 10.1. The molecule has 0 unspecified atom stereocenters. The van der Waals surface area contributed by atoms with Gasteiger partial charge in [0.15, 0.2) is 0 Å². The van der Waals surface area contributed by atoms with Gasteiger partial charge in [-0.1, -0.05) is 85.0 Å². The first kappa shape index (κ1) is 39.4. The van der Waals surface area contributed by atoms with E-state index in [4.69, 9.17) is 0 Å². The number of nitrogens with zero attached hydrogens (tertiary/aromatic N) is 4. The zero-order valence-electron chi connectivity index (χ0n) is 36.2. The Morgan fingerprint density at radius 1 is 0.364 bits per heavy atom. The van der Waals surface area contributed by atoms with Crippen LogP contribution in [0.3, 0.4) is 0 Å². The summed E-state index contributed by atoms with van der Waals surface area (Å²) in [5, 5.41) is 2.37. The van der Waals surface area contributed by atoms with Crippen molar-refractivity contribution in [2.45, 2.75) is 25.7 Å². The predicted octanol–water partition coefficient (Wildman–Crippen LogP) is 16.4. The van der Waals surface area contributed by atoms with E-state index in [1.54, 1.807) is 0 Å². The lowest BCUT2D eigenvalue weighted by atomic mass is 10.0. The Hall–Kier alpha value is -8.22. The Balaban J connectivity index is 0.903. The van der Waals surface area contributed by atoms with Crippen molar-refractivity contribution in [2.75, 3.05) is 9.80 Å². The van der Waals surface area contributed by atoms with Crippen molar-refractivity contribution in [3.05, 3.63) is 240 Å². The van der Waals surface area contributed by atoms with Crippen molar-refractivity contribution in [3.63, 3.8) is 0 Å². The summed E-state index contributed by atoms with van der Waals surface area (Å²) in [5.74, 6) is -0.548. The topological polar surface area (TPSA) is 16.3 Å². The van der Waals surface area contributed by atoms with Crippen LogP contribution in [0.4, 0.5) is 42.9 Å². The zero-order valence-corrected chi connectivity index (χ0v) is 36.2. The lowest BCUT2D eigenvalue weighted by Gasteiger charge is -2.26. The quantitative estimate of drug-likeness (QED) is 0.144. The minimum atomic E-state index is -0.274. The number of rotatable bonds is 9. The number of para-hydroxylation sites is 2. The van der Waals surface area contributed by atoms with E-state index in [1.807, 2.05) is 24.3 Å². The molecule has 6 heteroatoms. The monoisotopic (exact) mass is 858 g/mol. The molecule has 2 aromatic heterocycles. The van der Waals surface area contributed by atoms with Crippen LogP contribution >= 0.6 is 0 Å². The second-order valence-corrected chi connectivity index (χ2v) is 17.1. The standard InChI is InChI=1S/C60H44F2N4/c61-43-23-31-49(32-24-43)63(51-35-37-59-55(39-51)53-15-7-9-17-57(53)65(59)45-11-3-1-4-12-45)47-27-19-41(20-28-47)42-21-29-48(30-22-42)64(50-33-25-44(62)26-34-50)52-36-38-60-56(40-52)54-16-8-10-18-58(54)66(60)46-13-5-2-6-14-46/h1-8,11-16,19-40H,9-10,17-18H2. The molecular formula is C60H44F2N4. The normalized spacial score (nSPS) is 12.9. The highest BCUT2D eigenvalue weighted by Gasteiger charge is 2.23. The molecule has 318 valence electrons. The van der Waals surface area contributed by atoms with Gasteiger partial charge in [-0.25, -0.2) is 8.78 Å². The molecule has 0 saturated carbocycles. The van der Waals surface area contributed by atoms with Gasteiger partial charge in [-0.15, -0.1) is 0 Å². The van der Waals surface area contributed by atoms with Gasteiger partial charge in [0, 0.05) is 78.8 Å². The van der Waals surface area contributed by atoms with Crippen molar-refractivity contribution in [3.8, 4) is 22.5 Å². The van der Waals surface area contributed by atoms with Crippen molar-refractivity contribution >= 4 is 68.1 Å². The Kier molecular flexibility index (Phi) is 9.79. The molecule has 66 heavy (non-hydrogen) atoms. The van der Waals surface area contributed by atoms with Crippen molar-refractivity contribution in [1.82, 2.24) is 9.13 Å². The van der Waals surface area contributed by atoms with E-state index in [2.05, 4.69) is 189 Å². The van der Waals surface area contributed by atoms with Gasteiger partial charge in [0.05, 0.1) is 11.0 Å². The molecule has 0 spiro atoms. The third-order valence-electron chi connectivity index (χ3n) is 13.1. The van der Waals surface area contributed by atoms with Crippen LogP contribution in [0.2, 0.25) is 0 Å². The number of hydrogen-bond donors (Lipinski definition) is 0. The van der Waals surface area contributed by atoms with Crippen molar-refractivity contribution < 1.29 is 8.78 Å². The Labute approximate surface area is 382 Å². The molecule has 0 N–H and O–H groups in total. The van der Waals surface area contributed by atoms with Crippen LogP contribution in [-0.2, 0) is 12.8 Å². The first-order valence-electron chi connectivity index (χ1n) is 22.7. The van der Waals surface area contributed by atoms with Gasteiger partial charge in [-0.05, 0) is 170 Å². The Bertz CT molecular complexity index is 3220. The lowest BCUT2D eigenvalue weighted by molar-refractivity contribution is 0.627. The van der Waals surface area contributed by atoms with Gasteiger partial charge in [0.25, 0.3) is 0 Å². The van der Waals surface area contributed by atoms with Gasteiger partial charge >= 0.3 is 0 Å². The molecule has 2 heterocycles. The molecule has 0 amide bonds. The predicted molar refractivity (Wildman–Crippen MR) is 270 cm³/mol. The minimum absolute atomic E-state index is 0.274. The molecule has 0 saturated heterocycles. The van der Waals surface area contributed by atoms with E-state index in [1.165, 1.54) is 57.6 Å². The number of hydrogen-bond acceptors (Lipinski definition) is 2. The average molecular weight is 859 g/mol. The summed E-state index contributed by atoms with van der Waals surface area (Å²) in [6, 6.07) is 65.0. The molecule has 0 radical (unpaired) electrons. The van der Waals surface area contributed by atoms with Crippen LogP contribution in [0, 0.1) is 11.6 Å². The van der Waals surface area contributed by atoms with E-state index in [9.17, 15) is 8.78 Å². The highest BCUT2D eigenvalue weighted by molar-refractivity contribution is 5.98. The molecular weight excluding hydrogens is 815 g/mol. The molecule has 12 rings (SSSR count). The van der Waals surface area contributed by atoms with Gasteiger partial charge in [-0.3, -0.25) is 0 Å². The van der Waals surface area contributed by atoms with Gasteiger partial charge < -0.3 is 18.9 Å². The Morgan fingerprint density at radius 2 is 0.712 bits per heavy atom. The van der Waals surface area contributed by atoms with E-state index in [0.717, 1.165) is 93.3 Å². The first-order valence-corrected chi connectivity index (χ1v) is 22.7. The fourth-order valence-electron chi connectivity index (χ4n) is 10.1. The van der Waals surface area contributed by atoms with Crippen LogP contribution in [0.15, 0.2) is 206 Å². The maximum atomic E-state index is 14.4. The van der Waals surface area contributed by atoms with E-state index in [-0.39, 0.29) is 11.6 Å². The van der Waals surface area contributed by atoms with Crippen molar-refractivity contribution in [1.29, 1.82) is 0 Å². The third-order valence-corrected chi connectivity index (χ3v) is 13.1. The molecule has 0 bridgehead atoms. The first-order chi connectivity index (χ1) is 32.6. The van der Waals surface area contributed by atoms with Gasteiger partial charge in [-0.2, -0.15) is 0 Å². The lowest BCUT2D eigenvalue weighted by Crippen LogP contribution is -2.10. The largest absolute Gasteiger partial charge is 0.313 e. The highest BCUT2D eigenvalue weighted by Crippen LogP contribution is 2.43. The maximum absolute atomic E-state index is 14.4.